The molecule has 3 aliphatic rings. The Labute approximate surface area is 202 Å². The van der Waals surface area contributed by atoms with E-state index in [1.54, 1.807) is 17.9 Å². The molecule has 0 spiro atoms. The third-order valence-corrected chi connectivity index (χ3v) is 6.49. The van der Waals surface area contributed by atoms with Gasteiger partial charge in [0.1, 0.15) is 0 Å². The van der Waals surface area contributed by atoms with Crippen LogP contribution in [0.1, 0.15) is 25.3 Å². The standard InChI is InChI=1S/C23H26ClN7O3/c1-4-31-21(32)18(17-6-5-15(11-19(17)24)20-26-14(2)34-29-20)12-16-13-25-22(27-23(16,31)3)28-30-7-9-33-10-8-30/h5-6,11-13H,4,7-10H2,1-3H3,(H2,25,27,28). The molecule has 11 heteroatoms. The number of halogens is 1. The number of rotatable bonds is 4. The van der Waals surface area contributed by atoms with Crippen LogP contribution >= 0.6 is 11.6 Å². The van der Waals surface area contributed by atoms with Gasteiger partial charge < -0.3 is 19.5 Å². The molecule has 5 rings (SSSR count). The van der Waals surface area contributed by atoms with Crippen LogP contribution in [-0.2, 0) is 9.53 Å². The fourth-order valence-corrected chi connectivity index (χ4v) is 4.65. The minimum Gasteiger partial charge on any atom is -0.379 e. The monoisotopic (exact) mass is 483 g/mol. The van der Waals surface area contributed by atoms with Gasteiger partial charge in [-0.25, -0.2) is 10.0 Å². The molecule has 0 bridgehead atoms. The molecule has 1 aromatic carbocycles. The van der Waals surface area contributed by atoms with Crippen molar-refractivity contribution in [3.8, 4) is 11.4 Å². The van der Waals surface area contributed by atoms with Gasteiger partial charge >= 0.3 is 0 Å². The van der Waals surface area contributed by atoms with Gasteiger partial charge in [0.05, 0.1) is 13.2 Å². The first kappa shape index (κ1) is 22.6. The van der Waals surface area contributed by atoms with Gasteiger partial charge in [-0.1, -0.05) is 28.9 Å². The summed E-state index contributed by atoms with van der Waals surface area (Å²) in [5.41, 5.74) is 5.18. The van der Waals surface area contributed by atoms with Crippen LogP contribution in [0.2, 0.25) is 5.02 Å². The molecular weight excluding hydrogens is 458 g/mol. The number of aromatic nitrogens is 2. The molecule has 10 nitrogen and oxygen atoms in total. The van der Waals surface area contributed by atoms with E-state index in [4.69, 9.17) is 25.9 Å². The maximum Gasteiger partial charge on any atom is 0.256 e. The minimum atomic E-state index is -0.843. The number of hydrazine groups is 1. The maximum atomic E-state index is 13.6. The third kappa shape index (κ3) is 3.97. The van der Waals surface area contributed by atoms with E-state index < -0.39 is 5.66 Å². The smallest absolute Gasteiger partial charge is 0.256 e. The molecule has 0 radical (unpaired) electrons. The summed E-state index contributed by atoms with van der Waals surface area (Å²) in [6, 6.07) is 5.39. The van der Waals surface area contributed by atoms with Gasteiger partial charge in [0, 0.05) is 60.1 Å². The molecule has 2 N–H and O–H groups in total. The van der Waals surface area contributed by atoms with Gasteiger partial charge in [-0.15, -0.1) is 0 Å². The molecule has 1 amide bonds. The van der Waals surface area contributed by atoms with Gasteiger partial charge in [0.15, 0.2) is 5.66 Å². The summed E-state index contributed by atoms with van der Waals surface area (Å²) in [7, 11) is 0. The summed E-state index contributed by atoms with van der Waals surface area (Å²) in [5, 5.41) is 9.64. The van der Waals surface area contributed by atoms with E-state index in [0.717, 1.165) is 18.7 Å². The van der Waals surface area contributed by atoms with Crippen LogP contribution < -0.4 is 10.7 Å². The summed E-state index contributed by atoms with van der Waals surface area (Å²) in [4.78, 5) is 24.5. The number of benzene rings is 1. The first-order valence-corrected chi connectivity index (χ1v) is 11.6. The van der Waals surface area contributed by atoms with Crippen molar-refractivity contribution in [2.45, 2.75) is 26.4 Å². The topological polar surface area (TPSA) is 108 Å². The third-order valence-electron chi connectivity index (χ3n) is 6.18. The lowest BCUT2D eigenvalue weighted by Crippen LogP contribution is -2.59. The lowest BCUT2D eigenvalue weighted by molar-refractivity contribution is -0.129. The van der Waals surface area contributed by atoms with E-state index in [1.807, 2.05) is 43.3 Å². The van der Waals surface area contributed by atoms with Crippen molar-refractivity contribution in [2.75, 3.05) is 32.8 Å². The van der Waals surface area contributed by atoms with Crippen molar-refractivity contribution < 1.29 is 14.1 Å². The number of nitrogens with one attached hydrogen (secondary N) is 2. The number of amides is 1. The van der Waals surface area contributed by atoms with Crippen LogP contribution in [0.25, 0.3) is 17.0 Å². The summed E-state index contributed by atoms with van der Waals surface area (Å²) in [5.74, 6) is 1.38. The predicted octanol–water partition coefficient (Wildman–Crippen LogP) is 2.34. The second kappa shape index (κ2) is 8.86. The fourth-order valence-electron chi connectivity index (χ4n) is 4.37. The van der Waals surface area contributed by atoms with Crippen molar-refractivity contribution >= 4 is 29.0 Å². The molecule has 1 unspecified atom stereocenters. The lowest BCUT2D eigenvalue weighted by atomic mass is 9.88. The predicted molar refractivity (Wildman–Crippen MR) is 127 cm³/mol. The Morgan fingerprint density at radius 3 is 2.76 bits per heavy atom. The number of carbonyl (C=O) groups excluding carboxylic acids is 1. The number of fused-ring (bicyclic) bond motifs is 1. The normalized spacial score (nSPS) is 23.0. The summed E-state index contributed by atoms with van der Waals surface area (Å²) in [6.45, 7) is 8.93. The Morgan fingerprint density at radius 1 is 1.29 bits per heavy atom. The van der Waals surface area contributed by atoms with E-state index in [-0.39, 0.29) is 5.91 Å². The Hall–Kier alpha value is -3.21. The largest absolute Gasteiger partial charge is 0.379 e. The lowest BCUT2D eigenvalue weighted by Gasteiger charge is -2.44. The molecule has 178 valence electrons. The van der Waals surface area contributed by atoms with Gasteiger partial charge in [0.2, 0.25) is 17.7 Å². The van der Waals surface area contributed by atoms with Gasteiger partial charge in [0.25, 0.3) is 5.91 Å². The summed E-state index contributed by atoms with van der Waals surface area (Å²) in [6.07, 6.45) is 3.74. The van der Waals surface area contributed by atoms with Crippen molar-refractivity contribution in [2.24, 2.45) is 4.99 Å². The van der Waals surface area contributed by atoms with Crippen LogP contribution in [-0.4, -0.2) is 70.4 Å². The highest BCUT2D eigenvalue weighted by Crippen LogP contribution is 2.40. The summed E-state index contributed by atoms with van der Waals surface area (Å²) >= 11 is 6.63. The van der Waals surface area contributed by atoms with Crippen molar-refractivity contribution in [3.05, 3.63) is 52.5 Å². The molecule has 1 aromatic heterocycles. The van der Waals surface area contributed by atoms with Crippen LogP contribution in [0.5, 0.6) is 0 Å². The van der Waals surface area contributed by atoms with Gasteiger partial charge in [-0.2, -0.15) is 4.98 Å². The highest BCUT2D eigenvalue weighted by atomic mass is 35.5. The SMILES string of the molecule is CCN1C(=O)C(c2ccc(-c3noc(C)n3)cc2Cl)=CC2=CNC(NN3CCOCC3)=NC21C. The maximum absolute atomic E-state index is 13.6. The highest BCUT2D eigenvalue weighted by molar-refractivity contribution is 6.35. The second-order valence-corrected chi connectivity index (χ2v) is 8.78. The van der Waals surface area contributed by atoms with Crippen LogP contribution in [0.4, 0.5) is 0 Å². The highest BCUT2D eigenvalue weighted by Gasteiger charge is 2.44. The number of ether oxygens (including phenoxy) is 1. The molecule has 1 saturated heterocycles. The van der Waals surface area contributed by atoms with E-state index in [0.29, 0.717) is 59.2 Å². The quantitative estimate of drug-likeness (QED) is 0.682. The Balaban J connectivity index is 1.46. The number of nitrogens with zero attached hydrogens (tertiary/aromatic N) is 5. The van der Waals surface area contributed by atoms with E-state index in [2.05, 4.69) is 20.9 Å². The van der Waals surface area contributed by atoms with Crippen molar-refractivity contribution in [3.63, 3.8) is 0 Å². The molecule has 1 fully saturated rings. The molecule has 2 aromatic rings. The first-order valence-electron chi connectivity index (χ1n) is 11.2. The van der Waals surface area contributed by atoms with E-state index >= 15 is 0 Å². The number of hydrogen-bond donors (Lipinski definition) is 2. The number of likely N-dealkylation sites (N-methyl/N-ethyl adjacent to an activating group) is 1. The molecule has 4 heterocycles. The molecule has 0 aliphatic carbocycles. The van der Waals surface area contributed by atoms with Crippen molar-refractivity contribution in [1.29, 1.82) is 0 Å². The zero-order valence-electron chi connectivity index (χ0n) is 19.3. The van der Waals surface area contributed by atoms with Crippen LogP contribution in [0.3, 0.4) is 0 Å². The number of hydrogen-bond acceptors (Lipinski definition) is 9. The first-order chi connectivity index (χ1) is 16.4. The van der Waals surface area contributed by atoms with E-state index in [1.165, 1.54) is 0 Å². The Kier molecular flexibility index (Phi) is 5.88. The number of guanidine groups is 1. The van der Waals surface area contributed by atoms with Crippen LogP contribution in [0.15, 0.2) is 45.6 Å². The summed E-state index contributed by atoms with van der Waals surface area (Å²) < 4.78 is 10.5. The van der Waals surface area contributed by atoms with Crippen molar-refractivity contribution in [1.82, 2.24) is 30.8 Å². The van der Waals surface area contributed by atoms with E-state index in [9.17, 15) is 4.79 Å². The Bertz CT molecular complexity index is 1210. The minimum absolute atomic E-state index is 0.136. The number of carbonyl (C=O) groups is 1. The number of aryl methyl sites for hydroxylation is 1. The Morgan fingerprint density at radius 2 is 2.09 bits per heavy atom. The molecular formula is C23H26ClN7O3. The van der Waals surface area contributed by atoms with Gasteiger partial charge in [-0.3, -0.25) is 10.2 Å². The average Bonchev–Trinajstić information content (AvgIpc) is 3.26. The molecule has 3 aliphatic heterocycles. The van der Waals surface area contributed by atoms with Crippen LogP contribution in [0, 0.1) is 6.92 Å². The number of morpholine rings is 1. The second-order valence-electron chi connectivity index (χ2n) is 8.38. The zero-order valence-corrected chi connectivity index (χ0v) is 20.0. The average molecular weight is 484 g/mol. The number of aliphatic imine (C=N–C) groups is 1. The molecule has 0 saturated carbocycles. The fraction of sp³-hybridized carbons (Fsp3) is 0.391. The molecule has 1 atom stereocenters. The zero-order chi connectivity index (χ0) is 23.9. The molecule has 34 heavy (non-hydrogen) atoms. The van der Waals surface area contributed by atoms with Gasteiger partial charge in [-0.05, 0) is 26.0 Å².